The smallest absolute Gasteiger partial charge is 0.178 e. The van der Waals surface area contributed by atoms with Gasteiger partial charge in [-0.05, 0) is 30.7 Å². The van der Waals surface area contributed by atoms with Crippen LogP contribution in [0.5, 0.6) is 0 Å². The minimum absolute atomic E-state index is 0.115. The van der Waals surface area contributed by atoms with Gasteiger partial charge in [-0.3, -0.25) is 0 Å². The van der Waals surface area contributed by atoms with Crippen LogP contribution in [0.3, 0.4) is 0 Å². The number of rotatable bonds is 6. The number of sulfone groups is 1. The first-order valence-corrected chi connectivity index (χ1v) is 6.93. The topological polar surface area (TPSA) is 66.4 Å². The van der Waals surface area contributed by atoms with E-state index in [1.165, 1.54) is 0 Å². The zero-order valence-corrected chi connectivity index (χ0v) is 10.1. The van der Waals surface area contributed by atoms with Gasteiger partial charge >= 0.3 is 0 Å². The molecule has 0 saturated heterocycles. The third kappa shape index (κ3) is 3.50. The predicted molar refractivity (Wildman–Crippen MR) is 64.4 cm³/mol. The Morgan fingerprint density at radius 1 is 1.25 bits per heavy atom. The highest BCUT2D eigenvalue weighted by Crippen LogP contribution is 2.15. The van der Waals surface area contributed by atoms with Crippen LogP contribution in [0.4, 0.5) is 5.69 Å². The van der Waals surface area contributed by atoms with Gasteiger partial charge in [0, 0.05) is 18.8 Å². The molecule has 0 aromatic heterocycles. The van der Waals surface area contributed by atoms with Crippen molar-refractivity contribution >= 4 is 15.5 Å². The lowest BCUT2D eigenvalue weighted by atomic mass is 10.3. The van der Waals surface area contributed by atoms with Crippen molar-refractivity contribution in [2.24, 2.45) is 0 Å². The molecule has 1 rings (SSSR count). The van der Waals surface area contributed by atoms with Crippen molar-refractivity contribution in [2.45, 2.75) is 18.2 Å². The second-order valence-electron chi connectivity index (χ2n) is 3.43. The van der Waals surface area contributed by atoms with Crippen molar-refractivity contribution in [1.82, 2.24) is 0 Å². The average molecular weight is 243 g/mol. The van der Waals surface area contributed by atoms with Gasteiger partial charge in [0.05, 0.1) is 10.6 Å². The van der Waals surface area contributed by atoms with Crippen molar-refractivity contribution in [3.8, 4) is 0 Å². The zero-order chi connectivity index (χ0) is 12.0. The number of hydrogen-bond acceptors (Lipinski definition) is 4. The number of nitrogens with one attached hydrogen (secondary N) is 1. The van der Waals surface area contributed by atoms with E-state index in [2.05, 4.69) is 5.32 Å². The van der Waals surface area contributed by atoms with Crippen LogP contribution in [0.25, 0.3) is 0 Å². The molecule has 1 aromatic carbocycles. The molecule has 16 heavy (non-hydrogen) atoms. The summed E-state index contributed by atoms with van der Waals surface area (Å²) in [5, 5.41) is 11.7. The molecule has 0 amide bonds. The average Bonchev–Trinajstić information content (AvgIpc) is 2.30. The van der Waals surface area contributed by atoms with Gasteiger partial charge in [0.25, 0.3) is 0 Å². The van der Waals surface area contributed by atoms with Gasteiger partial charge in [-0.1, -0.05) is 6.92 Å². The third-order valence-electron chi connectivity index (χ3n) is 2.26. The molecule has 1 aromatic rings. The summed E-state index contributed by atoms with van der Waals surface area (Å²) < 4.78 is 23.0. The Morgan fingerprint density at radius 3 is 2.38 bits per heavy atom. The van der Waals surface area contributed by atoms with Crippen molar-refractivity contribution in [3.63, 3.8) is 0 Å². The normalized spacial score (nSPS) is 11.4. The molecule has 0 atom stereocenters. The first kappa shape index (κ1) is 13.0. The van der Waals surface area contributed by atoms with Gasteiger partial charge in [0.15, 0.2) is 9.84 Å². The van der Waals surface area contributed by atoms with Crippen LogP contribution >= 0.6 is 0 Å². The van der Waals surface area contributed by atoms with Crippen LogP contribution in [0.1, 0.15) is 13.3 Å². The van der Waals surface area contributed by atoms with E-state index in [0.29, 0.717) is 17.9 Å². The van der Waals surface area contributed by atoms with E-state index >= 15 is 0 Å². The SMILES string of the molecule is CCS(=O)(=O)c1ccc(NCCCO)cc1. The second-order valence-corrected chi connectivity index (χ2v) is 5.71. The second kappa shape index (κ2) is 5.86. The molecular weight excluding hydrogens is 226 g/mol. The molecule has 0 aliphatic rings. The number of hydrogen-bond donors (Lipinski definition) is 2. The molecule has 0 unspecified atom stereocenters. The summed E-state index contributed by atoms with van der Waals surface area (Å²) in [5.74, 6) is 0.115. The quantitative estimate of drug-likeness (QED) is 0.739. The molecule has 0 aliphatic heterocycles. The van der Waals surface area contributed by atoms with Gasteiger partial charge in [-0.2, -0.15) is 0 Å². The van der Waals surface area contributed by atoms with Crippen molar-refractivity contribution in [1.29, 1.82) is 0 Å². The number of anilines is 1. The van der Waals surface area contributed by atoms with Crippen LogP contribution in [0.2, 0.25) is 0 Å². The van der Waals surface area contributed by atoms with Crippen LogP contribution in [-0.4, -0.2) is 32.4 Å². The predicted octanol–water partition coefficient (Wildman–Crippen LogP) is 1.27. The molecule has 4 nitrogen and oxygen atoms in total. The maximum atomic E-state index is 11.5. The molecular formula is C11H17NO3S. The van der Waals surface area contributed by atoms with E-state index in [4.69, 9.17) is 5.11 Å². The van der Waals surface area contributed by atoms with E-state index in [-0.39, 0.29) is 12.4 Å². The first-order valence-electron chi connectivity index (χ1n) is 5.27. The summed E-state index contributed by atoms with van der Waals surface area (Å²) >= 11 is 0. The summed E-state index contributed by atoms with van der Waals surface area (Å²) in [6.07, 6.45) is 0.676. The van der Waals surface area contributed by atoms with Gasteiger partial charge < -0.3 is 10.4 Å². The standard InChI is InChI=1S/C11H17NO3S/c1-2-16(14,15)11-6-4-10(5-7-11)12-8-3-9-13/h4-7,12-13H,2-3,8-9H2,1H3. The Morgan fingerprint density at radius 2 is 1.88 bits per heavy atom. The molecule has 90 valence electrons. The van der Waals surface area contributed by atoms with Gasteiger partial charge in [-0.25, -0.2) is 8.42 Å². The first-order chi connectivity index (χ1) is 7.60. The highest BCUT2D eigenvalue weighted by Gasteiger charge is 2.10. The number of benzene rings is 1. The Kier molecular flexibility index (Phi) is 4.76. The Labute approximate surface area is 96.2 Å². The fourth-order valence-electron chi connectivity index (χ4n) is 1.26. The van der Waals surface area contributed by atoms with Crippen molar-refractivity contribution < 1.29 is 13.5 Å². The highest BCUT2D eigenvalue weighted by molar-refractivity contribution is 7.91. The molecule has 2 N–H and O–H groups in total. The monoisotopic (exact) mass is 243 g/mol. The fraction of sp³-hybridized carbons (Fsp3) is 0.455. The van der Waals surface area contributed by atoms with Crippen LogP contribution in [0.15, 0.2) is 29.2 Å². The van der Waals surface area contributed by atoms with Crippen LogP contribution < -0.4 is 5.32 Å². The third-order valence-corrected chi connectivity index (χ3v) is 4.01. The molecule has 5 heteroatoms. The maximum Gasteiger partial charge on any atom is 0.178 e. The van der Waals surface area contributed by atoms with E-state index in [9.17, 15) is 8.42 Å². The Bertz CT molecular complexity index is 411. The van der Waals surface area contributed by atoms with Crippen molar-refractivity contribution in [2.75, 3.05) is 24.2 Å². The lowest BCUT2D eigenvalue weighted by Gasteiger charge is -2.06. The molecule has 0 aliphatic carbocycles. The molecule has 0 saturated carbocycles. The number of aliphatic hydroxyl groups excluding tert-OH is 1. The summed E-state index contributed by atoms with van der Waals surface area (Å²) in [5.41, 5.74) is 0.864. The van der Waals surface area contributed by atoms with Crippen molar-refractivity contribution in [3.05, 3.63) is 24.3 Å². The summed E-state index contributed by atoms with van der Waals surface area (Å²) in [6.45, 7) is 2.45. The lowest BCUT2D eigenvalue weighted by Crippen LogP contribution is -2.05. The van der Waals surface area contributed by atoms with Gasteiger partial charge in [0.1, 0.15) is 0 Å². The molecule has 0 spiro atoms. The maximum absolute atomic E-state index is 11.5. The molecule has 0 radical (unpaired) electrons. The van der Waals surface area contributed by atoms with Crippen LogP contribution in [0, 0.1) is 0 Å². The summed E-state index contributed by atoms with van der Waals surface area (Å²) in [6, 6.07) is 6.67. The molecule has 0 fully saturated rings. The minimum atomic E-state index is -3.11. The minimum Gasteiger partial charge on any atom is -0.396 e. The number of aliphatic hydroxyl groups is 1. The van der Waals surface area contributed by atoms with Gasteiger partial charge in [0.2, 0.25) is 0 Å². The molecule has 0 heterocycles. The van der Waals surface area contributed by atoms with Gasteiger partial charge in [-0.15, -0.1) is 0 Å². The zero-order valence-electron chi connectivity index (χ0n) is 9.31. The fourth-order valence-corrected chi connectivity index (χ4v) is 2.14. The van der Waals surface area contributed by atoms with E-state index in [1.807, 2.05) is 0 Å². The summed E-state index contributed by atoms with van der Waals surface area (Å²) in [7, 11) is -3.11. The Balaban J connectivity index is 2.68. The Hall–Kier alpha value is -1.07. The van der Waals surface area contributed by atoms with E-state index < -0.39 is 9.84 Å². The highest BCUT2D eigenvalue weighted by atomic mass is 32.2. The largest absolute Gasteiger partial charge is 0.396 e. The van der Waals surface area contributed by atoms with Crippen LogP contribution in [-0.2, 0) is 9.84 Å². The lowest BCUT2D eigenvalue weighted by molar-refractivity contribution is 0.292. The van der Waals surface area contributed by atoms with E-state index in [0.717, 1.165) is 5.69 Å². The van der Waals surface area contributed by atoms with E-state index in [1.54, 1.807) is 31.2 Å². The summed E-state index contributed by atoms with van der Waals surface area (Å²) in [4.78, 5) is 0.350. The molecule has 0 bridgehead atoms.